The van der Waals surface area contributed by atoms with E-state index >= 15 is 0 Å². The van der Waals surface area contributed by atoms with Crippen LogP contribution in [0.25, 0.3) is 0 Å². The first kappa shape index (κ1) is 14.3. The van der Waals surface area contributed by atoms with E-state index in [4.69, 9.17) is 0 Å². The molecule has 1 aliphatic rings. The fourth-order valence-electron chi connectivity index (χ4n) is 2.57. The zero-order chi connectivity index (χ0) is 14.0. The Morgan fingerprint density at radius 1 is 1.37 bits per heavy atom. The molecule has 1 aromatic carbocycles. The van der Waals surface area contributed by atoms with E-state index in [1.54, 1.807) is 7.05 Å². The summed E-state index contributed by atoms with van der Waals surface area (Å²) in [5.41, 5.74) is 2.90. The SMILES string of the molecule is Cc1ccc(N(C)S(=O)(=O)CC2CCCN2)c(C)c1. The van der Waals surface area contributed by atoms with E-state index in [0.717, 1.165) is 36.2 Å². The van der Waals surface area contributed by atoms with Crippen LogP contribution < -0.4 is 9.62 Å². The number of aryl methyl sites for hydroxylation is 2. The molecule has 0 radical (unpaired) electrons. The van der Waals surface area contributed by atoms with Crippen molar-refractivity contribution in [2.24, 2.45) is 0 Å². The van der Waals surface area contributed by atoms with Gasteiger partial charge in [-0.25, -0.2) is 8.42 Å². The van der Waals surface area contributed by atoms with Gasteiger partial charge in [0.1, 0.15) is 0 Å². The second-order valence-electron chi connectivity index (χ2n) is 5.33. The van der Waals surface area contributed by atoms with Crippen LogP contribution in [0.15, 0.2) is 18.2 Å². The Morgan fingerprint density at radius 2 is 2.11 bits per heavy atom. The summed E-state index contributed by atoms with van der Waals surface area (Å²) in [6, 6.07) is 5.93. The molecule has 0 aromatic heterocycles. The van der Waals surface area contributed by atoms with Crippen molar-refractivity contribution in [1.29, 1.82) is 0 Å². The third-order valence-corrected chi connectivity index (χ3v) is 5.54. The number of nitrogens with one attached hydrogen (secondary N) is 1. The normalized spacial score (nSPS) is 19.6. The molecule has 2 rings (SSSR count). The molecule has 1 fully saturated rings. The summed E-state index contributed by atoms with van der Waals surface area (Å²) in [5.74, 6) is 0.177. The van der Waals surface area contributed by atoms with Gasteiger partial charge in [-0.15, -0.1) is 0 Å². The minimum Gasteiger partial charge on any atom is -0.313 e. The van der Waals surface area contributed by atoms with Crippen LogP contribution in [-0.2, 0) is 10.0 Å². The predicted molar refractivity (Wildman–Crippen MR) is 79.1 cm³/mol. The zero-order valence-electron chi connectivity index (χ0n) is 11.8. The number of sulfonamides is 1. The lowest BCUT2D eigenvalue weighted by Crippen LogP contribution is -2.38. The van der Waals surface area contributed by atoms with Gasteiger partial charge in [-0.1, -0.05) is 17.7 Å². The number of rotatable bonds is 4. The van der Waals surface area contributed by atoms with Gasteiger partial charge in [0.25, 0.3) is 0 Å². The number of nitrogens with zero attached hydrogens (tertiary/aromatic N) is 1. The van der Waals surface area contributed by atoms with Crippen molar-refractivity contribution in [2.45, 2.75) is 32.7 Å². The summed E-state index contributed by atoms with van der Waals surface area (Å²) in [4.78, 5) is 0. The molecule has 106 valence electrons. The molecule has 1 aromatic rings. The Balaban J connectivity index is 2.19. The number of hydrogen-bond donors (Lipinski definition) is 1. The van der Waals surface area contributed by atoms with E-state index in [9.17, 15) is 8.42 Å². The first-order valence-electron chi connectivity index (χ1n) is 6.67. The van der Waals surface area contributed by atoms with Gasteiger partial charge < -0.3 is 5.32 Å². The Morgan fingerprint density at radius 3 is 2.68 bits per heavy atom. The van der Waals surface area contributed by atoms with Crippen LogP contribution in [0.4, 0.5) is 5.69 Å². The third kappa shape index (κ3) is 3.28. The van der Waals surface area contributed by atoms with E-state index < -0.39 is 10.0 Å². The van der Waals surface area contributed by atoms with Crippen molar-refractivity contribution in [2.75, 3.05) is 23.7 Å². The largest absolute Gasteiger partial charge is 0.313 e. The van der Waals surface area contributed by atoms with Crippen molar-refractivity contribution in [3.63, 3.8) is 0 Å². The van der Waals surface area contributed by atoms with E-state index in [1.807, 2.05) is 32.0 Å². The van der Waals surface area contributed by atoms with E-state index in [1.165, 1.54) is 4.31 Å². The van der Waals surface area contributed by atoms with Crippen molar-refractivity contribution in [1.82, 2.24) is 5.32 Å². The summed E-state index contributed by atoms with van der Waals surface area (Å²) in [6.07, 6.45) is 2.01. The van der Waals surface area contributed by atoms with Crippen LogP contribution in [0.3, 0.4) is 0 Å². The molecular formula is C14H22N2O2S. The third-order valence-electron chi connectivity index (χ3n) is 3.68. The van der Waals surface area contributed by atoms with Crippen LogP contribution in [-0.4, -0.2) is 33.8 Å². The Kier molecular flexibility index (Phi) is 4.16. The molecule has 0 aliphatic carbocycles. The van der Waals surface area contributed by atoms with Gasteiger partial charge in [0.05, 0.1) is 11.4 Å². The second-order valence-corrected chi connectivity index (χ2v) is 7.37. The minimum absolute atomic E-state index is 0.0956. The molecule has 19 heavy (non-hydrogen) atoms. The van der Waals surface area contributed by atoms with Crippen LogP contribution in [0.1, 0.15) is 24.0 Å². The number of benzene rings is 1. The molecule has 0 spiro atoms. The average molecular weight is 282 g/mol. The lowest BCUT2D eigenvalue weighted by molar-refractivity contribution is 0.575. The van der Waals surface area contributed by atoms with Gasteiger partial charge >= 0.3 is 0 Å². The van der Waals surface area contributed by atoms with Crippen LogP contribution in [0.5, 0.6) is 0 Å². The summed E-state index contributed by atoms with van der Waals surface area (Å²) in [7, 11) is -1.62. The Hall–Kier alpha value is -1.07. The van der Waals surface area contributed by atoms with Crippen molar-refractivity contribution >= 4 is 15.7 Å². The van der Waals surface area contributed by atoms with Gasteiger partial charge in [-0.3, -0.25) is 4.31 Å². The first-order valence-corrected chi connectivity index (χ1v) is 8.28. The summed E-state index contributed by atoms with van der Waals surface area (Å²) in [5, 5.41) is 3.24. The molecule has 0 amide bonds. The monoisotopic (exact) mass is 282 g/mol. The van der Waals surface area contributed by atoms with Crippen LogP contribution in [0, 0.1) is 13.8 Å². The second kappa shape index (κ2) is 5.51. The van der Waals surface area contributed by atoms with Gasteiger partial charge in [-0.05, 0) is 44.9 Å². The fraction of sp³-hybridized carbons (Fsp3) is 0.571. The molecule has 1 heterocycles. The first-order chi connectivity index (χ1) is 8.90. The maximum absolute atomic E-state index is 12.4. The fourth-order valence-corrected chi connectivity index (χ4v) is 4.09. The molecule has 1 N–H and O–H groups in total. The van der Waals surface area contributed by atoms with E-state index in [0.29, 0.717) is 0 Å². The summed E-state index contributed by atoms with van der Waals surface area (Å²) in [6.45, 7) is 4.88. The van der Waals surface area contributed by atoms with Crippen LogP contribution in [0.2, 0.25) is 0 Å². The molecule has 4 nitrogen and oxygen atoms in total. The molecule has 1 saturated heterocycles. The maximum Gasteiger partial charge on any atom is 0.236 e. The highest BCUT2D eigenvalue weighted by molar-refractivity contribution is 7.92. The highest BCUT2D eigenvalue weighted by atomic mass is 32.2. The Bertz CT molecular complexity index is 549. The lowest BCUT2D eigenvalue weighted by atomic mass is 10.1. The van der Waals surface area contributed by atoms with Crippen molar-refractivity contribution < 1.29 is 8.42 Å². The summed E-state index contributed by atoms with van der Waals surface area (Å²) >= 11 is 0. The molecule has 5 heteroatoms. The topological polar surface area (TPSA) is 49.4 Å². The van der Waals surface area contributed by atoms with Crippen molar-refractivity contribution in [3.8, 4) is 0 Å². The standard InChI is InChI=1S/C14H22N2O2S/c1-11-6-7-14(12(2)9-11)16(3)19(17,18)10-13-5-4-8-15-13/h6-7,9,13,15H,4-5,8,10H2,1-3H3. The number of anilines is 1. The molecule has 0 bridgehead atoms. The predicted octanol–water partition coefficient (Wildman–Crippen LogP) is 1.82. The quantitative estimate of drug-likeness (QED) is 0.916. The molecule has 1 aliphatic heterocycles. The summed E-state index contributed by atoms with van der Waals surface area (Å²) < 4.78 is 26.2. The molecule has 0 saturated carbocycles. The smallest absolute Gasteiger partial charge is 0.236 e. The van der Waals surface area contributed by atoms with Gasteiger partial charge in [0.2, 0.25) is 10.0 Å². The van der Waals surface area contributed by atoms with Gasteiger partial charge in [0, 0.05) is 13.1 Å². The Labute approximate surface area is 115 Å². The lowest BCUT2D eigenvalue weighted by Gasteiger charge is -2.23. The van der Waals surface area contributed by atoms with Crippen LogP contribution >= 0.6 is 0 Å². The maximum atomic E-state index is 12.4. The zero-order valence-corrected chi connectivity index (χ0v) is 12.6. The highest BCUT2D eigenvalue weighted by Crippen LogP contribution is 2.23. The van der Waals surface area contributed by atoms with Crippen molar-refractivity contribution in [3.05, 3.63) is 29.3 Å². The molecular weight excluding hydrogens is 260 g/mol. The average Bonchev–Trinajstić information content (AvgIpc) is 2.80. The van der Waals surface area contributed by atoms with E-state index in [2.05, 4.69) is 5.32 Å². The molecule has 1 atom stereocenters. The highest BCUT2D eigenvalue weighted by Gasteiger charge is 2.26. The van der Waals surface area contributed by atoms with Gasteiger partial charge in [0.15, 0.2) is 0 Å². The van der Waals surface area contributed by atoms with Gasteiger partial charge in [-0.2, -0.15) is 0 Å². The number of hydrogen-bond acceptors (Lipinski definition) is 3. The van der Waals surface area contributed by atoms with E-state index in [-0.39, 0.29) is 11.8 Å². The minimum atomic E-state index is -3.26. The molecule has 1 unspecified atom stereocenters.